The molecule has 0 aromatic heterocycles. The highest BCUT2D eigenvalue weighted by molar-refractivity contribution is 6.31. The monoisotopic (exact) mass is 233 g/mol. The molecule has 0 amide bonds. The Hall–Kier alpha value is -1.97. The average molecular weight is 234 g/mol. The maximum absolute atomic E-state index is 10.8. The van der Waals surface area contributed by atoms with Crippen molar-refractivity contribution in [2.45, 2.75) is 6.42 Å². The molecule has 1 aromatic carbocycles. The molecule has 0 saturated heterocycles. The van der Waals surface area contributed by atoms with Crippen LogP contribution in [0.1, 0.15) is 17.5 Å². The van der Waals surface area contributed by atoms with Gasteiger partial charge in [-0.3, -0.25) is 4.79 Å². The molecule has 0 unspecified atom stereocenters. The number of ether oxygens (including phenoxy) is 1. The highest BCUT2D eigenvalue weighted by Crippen LogP contribution is 2.16. The van der Waals surface area contributed by atoms with E-state index in [-0.39, 0.29) is 6.42 Å². The van der Waals surface area contributed by atoms with Crippen LogP contribution in [-0.4, -0.2) is 13.1 Å². The summed E-state index contributed by atoms with van der Waals surface area (Å²) in [5.41, 5.74) is 1.06. The maximum atomic E-state index is 10.8. The number of esters is 1. The van der Waals surface area contributed by atoms with Crippen LogP contribution in [0.4, 0.5) is 0 Å². The average Bonchev–Trinajstić information content (AvgIpc) is 2.30. The third-order valence-electron chi connectivity index (χ3n) is 1.78. The first-order chi connectivity index (χ1) is 7.67. The molecule has 0 aliphatic heterocycles. The van der Waals surface area contributed by atoms with Gasteiger partial charge in [0.15, 0.2) is 0 Å². The van der Waals surface area contributed by atoms with E-state index >= 15 is 0 Å². The second-order valence-electron chi connectivity index (χ2n) is 2.86. The third kappa shape index (κ3) is 3.31. The Morgan fingerprint density at radius 3 is 2.88 bits per heavy atom. The fraction of sp³-hybridized carbons (Fsp3) is 0.167. The van der Waals surface area contributed by atoms with E-state index in [0.29, 0.717) is 16.1 Å². The largest absolute Gasteiger partial charge is 0.468 e. The van der Waals surface area contributed by atoms with Crippen molar-refractivity contribution in [1.29, 1.82) is 5.26 Å². The molecule has 0 fully saturated rings. The van der Waals surface area contributed by atoms with E-state index in [9.17, 15) is 4.79 Å². The second-order valence-corrected chi connectivity index (χ2v) is 3.27. The van der Waals surface area contributed by atoms with Crippen molar-refractivity contribution in [2.75, 3.05) is 7.11 Å². The minimum absolute atomic E-state index is 0.0207. The Labute approximate surface area is 98.6 Å². The van der Waals surface area contributed by atoms with Crippen molar-refractivity contribution in [2.24, 2.45) is 0 Å². The van der Waals surface area contributed by atoms with Gasteiger partial charge in [0.25, 0.3) is 0 Å². The molecule has 0 aliphatic carbocycles. The quantitative estimate of drug-likeness (QED) is 0.552. The summed E-state index contributed by atoms with van der Waals surface area (Å²) >= 11 is 5.89. The van der Waals surface area contributed by atoms with E-state index in [2.05, 4.69) is 16.6 Å². The first kappa shape index (κ1) is 12.1. The molecule has 0 radical (unpaired) electrons. The number of nitriles is 1. The minimum Gasteiger partial charge on any atom is -0.468 e. The van der Waals surface area contributed by atoms with Gasteiger partial charge in [-0.15, -0.1) is 0 Å². The summed E-state index contributed by atoms with van der Waals surface area (Å²) in [4.78, 5) is 10.8. The highest BCUT2D eigenvalue weighted by Gasteiger charge is 1.99. The predicted molar refractivity (Wildman–Crippen MR) is 59.7 cm³/mol. The highest BCUT2D eigenvalue weighted by atomic mass is 35.5. The van der Waals surface area contributed by atoms with Crippen LogP contribution >= 0.6 is 11.6 Å². The number of carbonyl (C=O) groups is 1. The van der Waals surface area contributed by atoms with Gasteiger partial charge in [-0.05, 0) is 18.2 Å². The molecule has 80 valence electrons. The number of halogens is 1. The van der Waals surface area contributed by atoms with Gasteiger partial charge >= 0.3 is 5.97 Å². The lowest BCUT2D eigenvalue weighted by Gasteiger charge is -1.95. The molecule has 16 heavy (non-hydrogen) atoms. The van der Waals surface area contributed by atoms with Crippen molar-refractivity contribution in [3.8, 4) is 17.9 Å². The zero-order chi connectivity index (χ0) is 12.0. The zero-order valence-electron chi connectivity index (χ0n) is 8.58. The summed E-state index contributed by atoms with van der Waals surface area (Å²) in [5.74, 6) is 4.98. The van der Waals surface area contributed by atoms with E-state index in [1.54, 1.807) is 12.1 Å². The van der Waals surface area contributed by atoms with Crippen molar-refractivity contribution in [3.05, 3.63) is 34.3 Å². The molecule has 0 heterocycles. The molecule has 0 bridgehead atoms. The molecule has 0 atom stereocenters. The Morgan fingerprint density at radius 2 is 2.31 bits per heavy atom. The summed E-state index contributed by atoms with van der Waals surface area (Å²) in [7, 11) is 1.30. The maximum Gasteiger partial charge on any atom is 0.317 e. The van der Waals surface area contributed by atoms with Gasteiger partial charge in [0.05, 0.1) is 23.8 Å². The van der Waals surface area contributed by atoms with Gasteiger partial charge in [0.1, 0.15) is 6.42 Å². The molecular formula is C12H8ClNO2. The first-order valence-corrected chi connectivity index (χ1v) is 4.80. The summed E-state index contributed by atoms with van der Waals surface area (Å²) in [5, 5.41) is 9.03. The normalized spacial score (nSPS) is 8.56. The zero-order valence-corrected chi connectivity index (χ0v) is 9.34. The molecule has 0 saturated carbocycles. The number of rotatable bonds is 1. The number of hydrogen-bond donors (Lipinski definition) is 0. The summed E-state index contributed by atoms with van der Waals surface area (Å²) in [6.45, 7) is 0. The van der Waals surface area contributed by atoms with E-state index in [1.807, 2.05) is 6.07 Å². The molecular weight excluding hydrogens is 226 g/mol. The summed E-state index contributed by atoms with van der Waals surface area (Å²) in [6.07, 6.45) is 0.0207. The molecule has 3 nitrogen and oxygen atoms in total. The van der Waals surface area contributed by atoms with Crippen molar-refractivity contribution in [1.82, 2.24) is 0 Å². The van der Waals surface area contributed by atoms with Gasteiger partial charge in [-0.1, -0.05) is 23.4 Å². The summed E-state index contributed by atoms with van der Waals surface area (Å²) in [6, 6.07) is 6.77. The molecule has 0 aliphatic rings. The van der Waals surface area contributed by atoms with E-state index in [0.717, 1.165) is 0 Å². The van der Waals surface area contributed by atoms with Crippen LogP contribution in [0.25, 0.3) is 0 Å². The Kier molecular flexibility index (Phi) is 4.39. The van der Waals surface area contributed by atoms with E-state index in [4.69, 9.17) is 16.9 Å². The Morgan fingerprint density at radius 1 is 1.56 bits per heavy atom. The third-order valence-corrected chi connectivity index (χ3v) is 2.09. The van der Waals surface area contributed by atoms with Gasteiger partial charge in [0, 0.05) is 5.56 Å². The fourth-order valence-corrected chi connectivity index (χ4v) is 1.20. The number of methoxy groups -OCH3 is 1. The molecule has 4 heteroatoms. The minimum atomic E-state index is -0.391. The van der Waals surface area contributed by atoms with Crippen molar-refractivity contribution >= 4 is 17.6 Å². The van der Waals surface area contributed by atoms with Crippen LogP contribution in [0.2, 0.25) is 5.02 Å². The van der Waals surface area contributed by atoms with Crippen LogP contribution in [-0.2, 0) is 9.53 Å². The van der Waals surface area contributed by atoms with Crippen molar-refractivity contribution in [3.63, 3.8) is 0 Å². The standard InChI is InChI=1S/C12H8ClNO2/c1-16-12(15)4-2-3-10-6-5-9(8-14)7-11(10)13/h5-7H,4H2,1H3. The van der Waals surface area contributed by atoms with Gasteiger partial charge in [-0.25, -0.2) is 0 Å². The smallest absolute Gasteiger partial charge is 0.317 e. The van der Waals surface area contributed by atoms with Crippen LogP contribution < -0.4 is 0 Å². The lowest BCUT2D eigenvalue weighted by atomic mass is 10.1. The Balaban J connectivity index is 2.83. The van der Waals surface area contributed by atoms with Gasteiger partial charge < -0.3 is 4.74 Å². The lowest BCUT2D eigenvalue weighted by Crippen LogP contribution is -1.97. The Bertz CT molecular complexity index is 506. The van der Waals surface area contributed by atoms with Gasteiger partial charge in [0.2, 0.25) is 0 Å². The topological polar surface area (TPSA) is 50.1 Å². The predicted octanol–water partition coefficient (Wildman–Crippen LogP) is 2.13. The van der Waals surface area contributed by atoms with Crippen molar-refractivity contribution < 1.29 is 9.53 Å². The molecule has 1 aromatic rings. The summed E-state index contributed by atoms with van der Waals surface area (Å²) < 4.78 is 4.44. The van der Waals surface area contributed by atoms with E-state index in [1.165, 1.54) is 13.2 Å². The SMILES string of the molecule is COC(=O)CC#Cc1ccc(C#N)cc1Cl. The lowest BCUT2D eigenvalue weighted by molar-refractivity contribution is -0.139. The number of nitrogens with zero attached hydrogens (tertiary/aromatic N) is 1. The molecule has 0 spiro atoms. The second kappa shape index (κ2) is 5.80. The van der Waals surface area contributed by atoms with Crippen LogP contribution in [0.15, 0.2) is 18.2 Å². The van der Waals surface area contributed by atoms with E-state index < -0.39 is 5.97 Å². The van der Waals surface area contributed by atoms with Crippen LogP contribution in [0.3, 0.4) is 0 Å². The number of hydrogen-bond acceptors (Lipinski definition) is 3. The fourth-order valence-electron chi connectivity index (χ4n) is 0.970. The number of benzene rings is 1. The number of carbonyl (C=O) groups excluding carboxylic acids is 1. The molecule has 1 rings (SSSR count). The van der Waals surface area contributed by atoms with Gasteiger partial charge in [-0.2, -0.15) is 5.26 Å². The first-order valence-electron chi connectivity index (χ1n) is 4.42. The van der Waals surface area contributed by atoms with Crippen LogP contribution in [0, 0.1) is 23.2 Å². The molecule has 0 N–H and O–H groups in total. The van der Waals surface area contributed by atoms with Crippen LogP contribution in [0.5, 0.6) is 0 Å².